The van der Waals surface area contributed by atoms with Crippen LogP contribution in [0.25, 0.3) is 0 Å². The fourth-order valence-electron chi connectivity index (χ4n) is 0. The molecule has 0 atom stereocenters. The van der Waals surface area contributed by atoms with Crippen LogP contribution in [0.3, 0.4) is 0 Å². The van der Waals surface area contributed by atoms with Crippen LogP contribution in [0.5, 0.6) is 0 Å². The van der Waals surface area contributed by atoms with E-state index in [4.69, 9.17) is 4.79 Å². The van der Waals surface area contributed by atoms with Crippen molar-refractivity contribution in [1.82, 2.24) is 0 Å². The molecule has 0 aliphatic heterocycles. The fraction of sp³-hybridized carbons (Fsp3) is 0. The highest BCUT2D eigenvalue weighted by Gasteiger charge is 1.32. The van der Waals surface area contributed by atoms with E-state index in [1.807, 2.05) is 0 Å². The molecule has 0 fully saturated rings. The van der Waals surface area contributed by atoms with Crippen LogP contribution < -0.4 is 0 Å². The number of hydrogen-bond donors (Lipinski definition) is 1. The smallest absolute Gasteiger partial charge is 0.131 e. The minimum atomic E-state index is 1.01. The van der Waals surface area contributed by atoms with Crippen molar-refractivity contribution in [2.75, 3.05) is 0 Å². The summed E-state index contributed by atoms with van der Waals surface area (Å²) in [5.74, 6) is 1.42. The van der Waals surface area contributed by atoms with Gasteiger partial charge in [0, 0.05) is 0 Å². The minimum Gasteiger partial charge on any atom is -0.233 e. The normalized spacial score (nSPS) is 4.25. The zero-order chi connectivity index (χ0) is 3.41. The van der Waals surface area contributed by atoms with Crippen molar-refractivity contribution in [2.24, 2.45) is 0 Å². The van der Waals surface area contributed by atoms with Crippen molar-refractivity contribution < 1.29 is 4.79 Å². The summed E-state index contributed by atoms with van der Waals surface area (Å²) < 4.78 is 0. The monoisotopic (exact) mass is 74.0 g/mol. The van der Waals surface area contributed by atoms with Gasteiger partial charge in [-0.3, -0.25) is 0 Å². The second kappa shape index (κ2) is 2.80. The molecule has 0 aromatic heterocycles. The summed E-state index contributed by atoms with van der Waals surface area (Å²) in [6, 6.07) is 0. The molecular weight excluding hydrogens is 72.1 g/mol. The van der Waals surface area contributed by atoms with Gasteiger partial charge >= 0.3 is 0 Å². The molecule has 0 spiro atoms. The van der Waals surface area contributed by atoms with Gasteiger partial charge in [-0.25, -0.2) is 4.79 Å². The predicted octanol–water partition coefficient (Wildman–Crippen LogP) is 0.262. The van der Waals surface area contributed by atoms with Gasteiger partial charge in [0.05, 0.1) is 5.41 Å². The predicted molar refractivity (Wildman–Crippen MR) is 19.2 cm³/mol. The van der Waals surface area contributed by atoms with Crippen molar-refractivity contribution in [3.05, 3.63) is 5.41 Å². The maximum absolute atomic E-state index is 8.92. The lowest BCUT2D eigenvalue weighted by Crippen LogP contribution is -1.27. The first-order valence-electron chi connectivity index (χ1n) is 0.751. The first-order valence-corrected chi connectivity index (χ1v) is 1.27. The Morgan fingerprint density at radius 3 is 2.25 bits per heavy atom. The largest absolute Gasteiger partial charge is 0.233 e. The van der Waals surface area contributed by atoms with Gasteiger partial charge in [0.2, 0.25) is 0 Å². The molecule has 0 aliphatic rings. The maximum atomic E-state index is 8.92. The molecule has 0 rings (SSSR count). The molecule has 0 N–H and O–H groups in total. The van der Waals surface area contributed by atoms with E-state index in [9.17, 15) is 0 Å². The molecule has 0 heterocycles. The third kappa shape index (κ3) is 1.80. The third-order valence-corrected chi connectivity index (χ3v) is 0.158. The molecule has 0 aromatic rings. The number of rotatable bonds is 0. The molecule has 0 aliphatic carbocycles. The highest BCUT2D eigenvalue weighted by molar-refractivity contribution is 7.83. The summed E-state index contributed by atoms with van der Waals surface area (Å²) in [6.07, 6.45) is 0. The molecule has 0 saturated carbocycles. The summed E-state index contributed by atoms with van der Waals surface area (Å²) in [4.78, 5) is 8.92. The van der Waals surface area contributed by atoms with Gasteiger partial charge in [0.25, 0.3) is 0 Å². The van der Waals surface area contributed by atoms with Gasteiger partial charge in [-0.2, -0.15) is 0 Å². The molecule has 0 saturated heterocycles. The van der Waals surface area contributed by atoms with E-state index in [2.05, 4.69) is 12.6 Å². The van der Waals surface area contributed by atoms with Crippen molar-refractivity contribution in [3.63, 3.8) is 0 Å². The molecule has 22 valence electrons. The van der Waals surface area contributed by atoms with E-state index in [0.29, 0.717) is 0 Å². The van der Waals surface area contributed by atoms with E-state index >= 15 is 0 Å². The van der Waals surface area contributed by atoms with Crippen LogP contribution in [0.15, 0.2) is 5.41 Å². The Balaban J connectivity index is 3.11. The van der Waals surface area contributed by atoms with Gasteiger partial charge < -0.3 is 0 Å². The fourth-order valence-corrected chi connectivity index (χ4v) is 0. The first kappa shape index (κ1) is 3.80. The second-order valence-corrected chi connectivity index (χ2v) is 0.505. The molecule has 0 aromatic carbocycles. The van der Waals surface area contributed by atoms with Crippen molar-refractivity contribution in [3.8, 4) is 0 Å². The summed E-state index contributed by atoms with van der Waals surface area (Å²) >= 11 is 3.37. The molecule has 4 heavy (non-hydrogen) atoms. The Morgan fingerprint density at radius 1 is 2.00 bits per heavy atom. The number of carbonyl (C=O) groups excluding carboxylic acids is 1. The van der Waals surface area contributed by atoms with Gasteiger partial charge in [0.1, 0.15) is 5.94 Å². The lowest BCUT2D eigenvalue weighted by Gasteiger charge is -1.31. The Morgan fingerprint density at radius 2 is 2.25 bits per heavy atom. The molecule has 1 nitrogen and oxygen atoms in total. The molecule has 0 radical (unpaired) electrons. The Labute approximate surface area is 29.7 Å². The summed E-state index contributed by atoms with van der Waals surface area (Å²) in [6.45, 7) is 0. The maximum Gasteiger partial charge on any atom is 0.131 e. The quantitative estimate of drug-likeness (QED) is 0.322. The van der Waals surface area contributed by atoms with E-state index in [-0.39, 0.29) is 0 Å². The molecule has 2 heteroatoms. The number of hydrogen-bond acceptors (Lipinski definition) is 2. The van der Waals surface area contributed by atoms with Crippen LogP contribution in [0.4, 0.5) is 0 Å². The van der Waals surface area contributed by atoms with Crippen LogP contribution in [0.1, 0.15) is 0 Å². The van der Waals surface area contributed by atoms with Crippen LogP contribution >= 0.6 is 12.6 Å². The zero-order valence-electron chi connectivity index (χ0n) is 1.93. The molecule has 0 amide bonds. The standard InChI is InChI=1S/C2H2OS/c3-1-2-4/h2,4H. The Hall–Kier alpha value is -0.200. The van der Waals surface area contributed by atoms with Crippen molar-refractivity contribution >= 4 is 18.6 Å². The van der Waals surface area contributed by atoms with Gasteiger partial charge in [0.15, 0.2) is 0 Å². The lowest BCUT2D eigenvalue weighted by molar-refractivity contribution is 0.569. The van der Waals surface area contributed by atoms with Gasteiger partial charge in [-0.05, 0) is 0 Å². The highest BCUT2D eigenvalue weighted by atomic mass is 32.1. The van der Waals surface area contributed by atoms with Crippen LogP contribution in [-0.4, -0.2) is 5.94 Å². The van der Waals surface area contributed by atoms with Crippen molar-refractivity contribution in [2.45, 2.75) is 0 Å². The van der Waals surface area contributed by atoms with E-state index in [1.165, 1.54) is 5.94 Å². The Kier molecular flexibility index (Phi) is 2.66. The summed E-state index contributed by atoms with van der Waals surface area (Å²) in [5, 5.41) is 1.01. The molecule has 0 bridgehead atoms. The van der Waals surface area contributed by atoms with E-state index < -0.39 is 0 Å². The average Bonchev–Trinajstić information content (AvgIpc) is 1.37. The van der Waals surface area contributed by atoms with E-state index in [0.717, 1.165) is 5.41 Å². The summed E-state index contributed by atoms with van der Waals surface area (Å²) in [5.41, 5.74) is 0. The average molecular weight is 74.1 g/mol. The highest BCUT2D eigenvalue weighted by Crippen LogP contribution is 1.57. The van der Waals surface area contributed by atoms with Crippen LogP contribution in [0, 0.1) is 0 Å². The van der Waals surface area contributed by atoms with Crippen LogP contribution in [-0.2, 0) is 4.79 Å². The van der Waals surface area contributed by atoms with Gasteiger partial charge in [-0.1, -0.05) is 0 Å². The van der Waals surface area contributed by atoms with Crippen LogP contribution in [0.2, 0.25) is 0 Å². The summed E-state index contributed by atoms with van der Waals surface area (Å²) in [7, 11) is 0. The second-order valence-electron chi connectivity index (χ2n) is 0.247. The van der Waals surface area contributed by atoms with Gasteiger partial charge in [-0.15, -0.1) is 12.6 Å². The van der Waals surface area contributed by atoms with Crippen molar-refractivity contribution in [1.29, 1.82) is 0 Å². The Bertz CT molecular complexity index is 44.0. The lowest BCUT2D eigenvalue weighted by atomic mass is 11.2. The minimum absolute atomic E-state index is 1.01. The topological polar surface area (TPSA) is 17.1 Å². The number of thiol groups is 1. The molecule has 0 unspecified atom stereocenters. The SMILES string of the molecule is O=C=CS. The first-order chi connectivity index (χ1) is 1.91. The third-order valence-electron chi connectivity index (χ3n) is 0.0527. The molecular formula is C2H2OS. The zero-order valence-corrected chi connectivity index (χ0v) is 2.83. The van der Waals surface area contributed by atoms with E-state index in [1.54, 1.807) is 0 Å².